The summed E-state index contributed by atoms with van der Waals surface area (Å²) in [5.41, 5.74) is 8.40. The second-order valence-electron chi connectivity index (χ2n) is 6.64. The van der Waals surface area contributed by atoms with E-state index >= 15 is 0 Å². The van der Waals surface area contributed by atoms with Gasteiger partial charge in [0.2, 0.25) is 5.91 Å². The number of ether oxygens (including phenoxy) is 1. The molecule has 1 heterocycles. The number of hydrogen-bond donors (Lipinski definition) is 2. The molecule has 0 radical (unpaired) electrons. The zero-order valence-corrected chi connectivity index (χ0v) is 16.2. The fourth-order valence-electron chi connectivity index (χ4n) is 3.11. The predicted octanol–water partition coefficient (Wildman–Crippen LogP) is 3.74. The Hall–Kier alpha value is -3.61. The van der Waals surface area contributed by atoms with Gasteiger partial charge in [-0.05, 0) is 62.4 Å². The van der Waals surface area contributed by atoms with E-state index in [0.29, 0.717) is 22.7 Å². The number of hydrogen-bond acceptors (Lipinski definition) is 3. The summed E-state index contributed by atoms with van der Waals surface area (Å²) in [5.74, 6) is -0.444. The van der Waals surface area contributed by atoms with Crippen LogP contribution >= 0.6 is 0 Å². The molecule has 150 valence electrons. The summed E-state index contributed by atoms with van der Waals surface area (Å²) < 4.78 is 20.8. The summed E-state index contributed by atoms with van der Waals surface area (Å²) in [6.07, 6.45) is 0.138. The Balaban J connectivity index is 1.73. The molecule has 2 aromatic carbocycles. The van der Waals surface area contributed by atoms with E-state index in [4.69, 9.17) is 10.5 Å². The zero-order valence-electron chi connectivity index (χ0n) is 16.2. The molecule has 3 rings (SSSR count). The normalized spacial score (nSPS) is 10.6. The van der Waals surface area contributed by atoms with Crippen LogP contribution in [0.15, 0.2) is 54.6 Å². The average Bonchev–Trinajstić information content (AvgIpc) is 2.97. The molecule has 1 aromatic heterocycles. The lowest BCUT2D eigenvalue weighted by molar-refractivity contribution is -0.118. The van der Waals surface area contributed by atoms with Crippen molar-refractivity contribution in [3.8, 4) is 11.4 Å². The van der Waals surface area contributed by atoms with Crippen molar-refractivity contribution in [3.63, 3.8) is 0 Å². The van der Waals surface area contributed by atoms with Gasteiger partial charge in [-0.2, -0.15) is 0 Å². The van der Waals surface area contributed by atoms with Crippen LogP contribution in [0, 0.1) is 19.7 Å². The summed E-state index contributed by atoms with van der Waals surface area (Å²) in [5, 5.41) is 2.85. The van der Waals surface area contributed by atoms with Crippen LogP contribution < -0.4 is 15.8 Å². The topological polar surface area (TPSA) is 86.3 Å². The zero-order chi connectivity index (χ0) is 21.0. The molecule has 0 saturated heterocycles. The highest BCUT2D eigenvalue weighted by molar-refractivity contribution is 6.05. The molecule has 29 heavy (non-hydrogen) atoms. The summed E-state index contributed by atoms with van der Waals surface area (Å²) in [7, 11) is 0. The number of amides is 2. The van der Waals surface area contributed by atoms with E-state index in [1.54, 1.807) is 42.5 Å². The van der Waals surface area contributed by atoms with Gasteiger partial charge in [0, 0.05) is 22.8 Å². The molecule has 0 unspecified atom stereocenters. The van der Waals surface area contributed by atoms with E-state index in [0.717, 1.165) is 11.4 Å². The summed E-state index contributed by atoms with van der Waals surface area (Å²) >= 11 is 0. The predicted molar refractivity (Wildman–Crippen MR) is 109 cm³/mol. The molecule has 0 aliphatic rings. The first kappa shape index (κ1) is 20.1. The Kier molecular flexibility index (Phi) is 5.97. The van der Waals surface area contributed by atoms with Gasteiger partial charge in [0.05, 0.1) is 18.6 Å². The van der Waals surface area contributed by atoms with Crippen molar-refractivity contribution in [2.75, 3.05) is 11.9 Å². The maximum absolute atomic E-state index is 13.6. The van der Waals surface area contributed by atoms with Crippen LogP contribution in [0.5, 0.6) is 5.75 Å². The summed E-state index contributed by atoms with van der Waals surface area (Å²) in [4.78, 5) is 23.5. The molecular weight excluding hydrogens is 373 g/mol. The van der Waals surface area contributed by atoms with Crippen LogP contribution in [-0.4, -0.2) is 23.0 Å². The molecule has 0 aliphatic heterocycles. The monoisotopic (exact) mass is 395 g/mol. The van der Waals surface area contributed by atoms with E-state index in [9.17, 15) is 14.0 Å². The van der Waals surface area contributed by atoms with Crippen molar-refractivity contribution < 1.29 is 18.7 Å². The number of nitrogens with zero attached hydrogens (tertiary/aromatic N) is 1. The Morgan fingerprint density at radius 2 is 1.83 bits per heavy atom. The number of nitrogens with one attached hydrogen (secondary N) is 1. The Morgan fingerprint density at radius 3 is 2.48 bits per heavy atom. The number of rotatable bonds is 7. The van der Waals surface area contributed by atoms with Crippen LogP contribution in [0.4, 0.5) is 10.1 Å². The third-order valence-corrected chi connectivity index (χ3v) is 4.47. The second kappa shape index (κ2) is 8.60. The number of aryl methyl sites for hydroxylation is 1. The lowest BCUT2D eigenvalue weighted by atomic mass is 10.2. The molecule has 0 aliphatic carbocycles. The van der Waals surface area contributed by atoms with E-state index in [-0.39, 0.29) is 24.8 Å². The van der Waals surface area contributed by atoms with Crippen LogP contribution in [0.1, 0.15) is 28.2 Å². The molecule has 7 heteroatoms. The van der Waals surface area contributed by atoms with Gasteiger partial charge in [-0.15, -0.1) is 0 Å². The van der Waals surface area contributed by atoms with Gasteiger partial charge in [-0.25, -0.2) is 4.39 Å². The largest absolute Gasteiger partial charge is 0.493 e. The Bertz CT molecular complexity index is 1040. The summed E-state index contributed by atoms with van der Waals surface area (Å²) in [6, 6.07) is 14.8. The standard InChI is InChI=1S/C22H22FN3O3/c1-14-12-20(15(2)26(14)18-5-3-4-16(23)13-18)22(28)25-17-6-8-19(9-7-17)29-11-10-21(24)27/h3-9,12-13H,10-11H2,1-2H3,(H2,24,27)(H,25,28). The highest BCUT2D eigenvalue weighted by atomic mass is 19.1. The van der Waals surface area contributed by atoms with Crippen molar-refractivity contribution >= 4 is 17.5 Å². The lowest BCUT2D eigenvalue weighted by Crippen LogP contribution is -2.14. The van der Waals surface area contributed by atoms with Crippen LogP contribution in [0.25, 0.3) is 5.69 Å². The van der Waals surface area contributed by atoms with Gasteiger partial charge >= 0.3 is 0 Å². The van der Waals surface area contributed by atoms with Crippen LogP contribution in [-0.2, 0) is 4.79 Å². The molecule has 6 nitrogen and oxygen atoms in total. The highest BCUT2D eigenvalue weighted by Crippen LogP contribution is 2.23. The first-order valence-electron chi connectivity index (χ1n) is 9.12. The minimum Gasteiger partial charge on any atom is -0.493 e. The molecule has 0 fully saturated rings. The molecule has 3 aromatic rings. The Labute approximate surface area is 168 Å². The molecule has 0 bridgehead atoms. The quantitative estimate of drug-likeness (QED) is 0.639. The smallest absolute Gasteiger partial charge is 0.257 e. The van der Waals surface area contributed by atoms with E-state index in [1.807, 2.05) is 18.4 Å². The number of carbonyl (C=O) groups is 2. The molecule has 0 atom stereocenters. The highest BCUT2D eigenvalue weighted by Gasteiger charge is 2.17. The third kappa shape index (κ3) is 4.82. The SMILES string of the molecule is Cc1cc(C(=O)Nc2ccc(OCCC(N)=O)cc2)c(C)n1-c1cccc(F)c1. The maximum Gasteiger partial charge on any atom is 0.257 e. The first-order valence-corrected chi connectivity index (χ1v) is 9.12. The maximum atomic E-state index is 13.6. The van der Waals surface area contributed by atoms with Crippen molar-refractivity contribution in [2.45, 2.75) is 20.3 Å². The first-order chi connectivity index (χ1) is 13.8. The summed E-state index contributed by atoms with van der Waals surface area (Å²) in [6.45, 7) is 3.89. The second-order valence-corrected chi connectivity index (χ2v) is 6.64. The van der Waals surface area contributed by atoms with Gasteiger partial charge in [0.1, 0.15) is 11.6 Å². The van der Waals surface area contributed by atoms with Crippen molar-refractivity contribution in [3.05, 3.63) is 77.4 Å². The third-order valence-electron chi connectivity index (χ3n) is 4.47. The number of carbonyl (C=O) groups excluding carboxylic acids is 2. The van der Waals surface area contributed by atoms with Gasteiger partial charge in [-0.3, -0.25) is 9.59 Å². The van der Waals surface area contributed by atoms with Crippen molar-refractivity contribution in [2.24, 2.45) is 5.73 Å². The number of halogens is 1. The minimum absolute atomic E-state index is 0.138. The van der Waals surface area contributed by atoms with Gasteiger partial charge in [0.25, 0.3) is 5.91 Å². The van der Waals surface area contributed by atoms with E-state index in [2.05, 4.69) is 5.32 Å². The number of benzene rings is 2. The Morgan fingerprint density at radius 1 is 1.10 bits per heavy atom. The van der Waals surface area contributed by atoms with Gasteiger partial charge < -0.3 is 20.4 Å². The van der Waals surface area contributed by atoms with E-state index < -0.39 is 5.91 Å². The van der Waals surface area contributed by atoms with Crippen LogP contribution in [0.2, 0.25) is 0 Å². The van der Waals surface area contributed by atoms with Gasteiger partial charge in [-0.1, -0.05) is 6.07 Å². The minimum atomic E-state index is -0.426. The van der Waals surface area contributed by atoms with E-state index in [1.165, 1.54) is 12.1 Å². The average molecular weight is 395 g/mol. The lowest BCUT2D eigenvalue weighted by Gasteiger charge is -2.10. The molecule has 2 amide bonds. The fourth-order valence-corrected chi connectivity index (χ4v) is 3.11. The number of anilines is 1. The molecule has 0 saturated carbocycles. The van der Waals surface area contributed by atoms with Gasteiger partial charge in [0.15, 0.2) is 0 Å². The molecule has 0 spiro atoms. The fraction of sp³-hybridized carbons (Fsp3) is 0.182. The van der Waals surface area contributed by atoms with Crippen LogP contribution in [0.3, 0.4) is 0 Å². The number of nitrogens with two attached hydrogens (primary N) is 1. The van der Waals surface area contributed by atoms with Crippen molar-refractivity contribution in [1.82, 2.24) is 4.57 Å². The van der Waals surface area contributed by atoms with Crippen molar-refractivity contribution in [1.29, 1.82) is 0 Å². The number of aromatic nitrogens is 1. The molecular formula is C22H22FN3O3. The molecule has 3 N–H and O–H groups in total. The number of primary amides is 1.